The Morgan fingerprint density at radius 3 is 2.74 bits per heavy atom. The molecule has 0 spiro atoms. The number of aliphatic hydroxyl groups is 1. The fourth-order valence-corrected chi connectivity index (χ4v) is 2.74. The number of aliphatic hydroxyl groups excluding tert-OH is 1. The quantitative estimate of drug-likeness (QED) is 0.880. The first-order valence-corrected chi connectivity index (χ1v) is 7.45. The summed E-state index contributed by atoms with van der Waals surface area (Å²) in [4.78, 5) is 0. The second-order valence-corrected chi connectivity index (χ2v) is 5.50. The molecule has 2 rings (SSSR count). The van der Waals surface area contributed by atoms with Crippen molar-refractivity contribution >= 4 is 15.9 Å². The molecule has 3 nitrogen and oxygen atoms in total. The van der Waals surface area contributed by atoms with Gasteiger partial charge in [-0.1, -0.05) is 37.3 Å². The van der Waals surface area contributed by atoms with Crippen molar-refractivity contribution in [2.24, 2.45) is 0 Å². The van der Waals surface area contributed by atoms with Gasteiger partial charge in [-0.2, -0.15) is 5.10 Å². The van der Waals surface area contributed by atoms with Crippen molar-refractivity contribution in [2.75, 3.05) is 0 Å². The highest BCUT2D eigenvalue weighted by Crippen LogP contribution is 2.26. The molecule has 0 amide bonds. The summed E-state index contributed by atoms with van der Waals surface area (Å²) >= 11 is 3.47. The van der Waals surface area contributed by atoms with Gasteiger partial charge in [0.15, 0.2) is 0 Å². The lowest BCUT2D eigenvalue weighted by Gasteiger charge is -2.14. The first-order valence-electron chi connectivity index (χ1n) is 6.65. The van der Waals surface area contributed by atoms with E-state index < -0.39 is 6.10 Å². The van der Waals surface area contributed by atoms with Gasteiger partial charge in [-0.3, -0.25) is 4.68 Å². The first-order chi connectivity index (χ1) is 9.22. The highest BCUT2D eigenvalue weighted by molar-refractivity contribution is 9.10. The van der Waals surface area contributed by atoms with E-state index in [-0.39, 0.29) is 0 Å². The molecular formula is C15H19BrN2O. The Morgan fingerprint density at radius 1 is 1.32 bits per heavy atom. The summed E-state index contributed by atoms with van der Waals surface area (Å²) in [5.41, 5.74) is 2.14. The van der Waals surface area contributed by atoms with Crippen LogP contribution >= 0.6 is 15.9 Å². The van der Waals surface area contributed by atoms with E-state index in [9.17, 15) is 5.11 Å². The SMILES string of the molecule is CCCn1ncc(Br)c1C(O)CCc1ccccc1. The highest BCUT2D eigenvalue weighted by Gasteiger charge is 2.17. The fraction of sp³-hybridized carbons (Fsp3) is 0.400. The molecule has 0 bridgehead atoms. The van der Waals surface area contributed by atoms with Crippen LogP contribution in [0.25, 0.3) is 0 Å². The standard InChI is InChI=1S/C15H19BrN2O/c1-2-10-18-15(13(16)11-17-18)14(19)9-8-12-6-4-3-5-7-12/h3-7,11,14,19H,2,8-10H2,1H3. The molecule has 0 fully saturated rings. The van der Waals surface area contributed by atoms with Gasteiger partial charge < -0.3 is 5.11 Å². The Labute approximate surface area is 122 Å². The second kappa shape index (κ2) is 6.87. The molecule has 0 aliphatic carbocycles. The molecule has 0 radical (unpaired) electrons. The number of halogens is 1. The Hall–Kier alpha value is -1.13. The van der Waals surface area contributed by atoms with Gasteiger partial charge in [0.25, 0.3) is 0 Å². The van der Waals surface area contributed by atoms with E-state index in [0.717, 1.165) is 29.6 Å². The molecule has 102 valence electrons. The molecule has 1 aromatic heterocycles. The van der Waals surface area contributed by atoms with E-state index >= 15 is 0 Å². The number of nitrogens with zero attached hydrogens (tertiary/aromatic N) is 2. The second-order valence-electron chi connectivity index (χ2n) is 4.64. The van der Waals surface area contributed by atoms with E-state index in [1.807, 2.05) is 22.9 Å². The van der Waals surface area contributed by atoms with Crippen LogP contribution in [0.15, 0.2) is 41.0 Å². The Morgan fingerprint density at radius 2 is 2.05 bits per heavy atom. The van der Waals surface area contributed by atoms with Crippen molar-refractivity contribution in [1.82, 2.24) is 9.78 Å². The van der Waals surface area contributed by atoms with Gasteiger partial charge in [0.2, 0.25) is 0 Å². The minimum absolute atomic E-state index is 0.483. The molecule has 2 aromatic rings. The van der Waals surface area contributed by atoms with Crippen LogP contribution in [0.3, 0.4) is 0 Å². The van der Waals surface area contributed by atoms with E-state index in [1.54, 1.807) is 6.20 Å². The minimum atomic E-state index is -0.483. The topological polar surface area (TPSA) is 38.0 Å². The molecule has 0 aliphatic rings. The van der Waals surface area contributed by atoms with Crippen LogP contribution in [-0.2, 0) is 13.0 Å². The zero-order valence-electron chi connectivity index (χ0n) is 11.1. The molecule has 4 heteroatoms. The van der Waals surface area contributed by atoms with E-state index in [2.05, 4.69) is 40.1 Å². The number of hydrogen-bond donors (Lipinski definition) is 1. The zero-order valence-corrected chi connectivity index (χ0v) is 12.7. The van der Waals surface area contributed by atoms with E-state index in [4.69, 9.17) is 0 Å². The van der Waals surface area contributed by atoms with Crippen molar-refractivity contribution in [1.29, 1.82) is 0 Å². The third-order valence-electron chi connectivity index (χ3n) is 3.13. The molecule has 0 saturated carbocycles. The lowest BCUT2D eigenvalue weighted by Crippen LogP contribution is -2.10. The summed E-state index contributed by atoms with van der Waals surface area (Å²) in [5.74, 6) is 0. The molecule has 1 aromatic carbocycles. The molecule has 1 atom stereocenters. The number of benzene rings is 1. The van der Waals surface area contributed by atoms with Crippen molar-refractivity contribution in [3.8, 4) is 0 Å². The van der Waals surface area contributed by atoms with Crippen molar-refractivity contribution in [3.05, 3.63) is 52.3 Å². The zero-order chi connectivity index (χ0) is 13.7. The summed E-state index contributed by atoms with van der Waals surface area (Å²) in [6.45, 7) is 2.94. The van der Waals surface area contributed by atoms with Crippen molar-refractivity contribution < 1.29 is 5.11 Å². The summed E-state index contributed by atoms with van der Waals surface area (Å²) in [7, 11) is 0. The predicted molar refractivity (Wildman–Crippen MR) is 79.9 cm³/mol. The molecule has 1 unspecified atom stereocenters. The van der Waals surface area contributed by atoms with Crippen LogP contribution in [0.1, 0.15) is 37.1 Å². The van der Waals surface area contributed by atoms with Gasteiger partial charge in [-0.05, 0) is 40.8 Å². The maximum Gasteiger partial charge on any atom is 0.0971 e. The molecular weight excluding hydrogens is 304 g/mol. The molecule has 1 N–H and O–H groups in total. The largest absolute Gasteiger partial charge is 0.387 e. The lowest BCUT2D eigenvalue weighted by atomic mass is 10.1. The fourth-order valence-electron chi connectivity index (χ4n) is 2.18. The summed E-state index contributed by atoms with van der Waals surface area (Å²) in [6.07, 6.45) is 3.86. The van der Waals surface area contributed by atoms with Gasteiger partial charge in [0.1, 0.15) is 0 Å². The van der Waals surface area contributed by atoms with Crippen LogP contribution in [0.5, 0.6) is 0 Å². The lowest BCUT2D eigenvalue weighted by molar-refractivity contribution is 0.155. The van der Waals surface area contributed by atoms with Gasteiger partial charge >= 0.3 is 0 Å². The van der Waals surface area contributed by atoms with E-state index in [1.165, 1.54) is 5.56 Å². The molecule has 19 heavy (non-hydrogen) atoms. The van der Waals surface area contributed by atoms with Gasteiger partial charge in [-0.25, -0.2) is 0 Å². The normalized spacial score (nSPS) is 12.6. The smallest absolute Gasteiger partial charge is 0.0971 e. The average molecular weight is 323 g/mol. The Bertz CT molecular complexity index is 510. The summed E-state index contributed by atoms with van der Waals surface area (Å²) in [5, 5.41) is 14.7. The predicted octanol–water partition coefficient (Wildman–Crippen LogP) is 3.72. The van der Waals surface area contributed by atoms with Gasteiger partial charge in [-0.15, -0.1) is 0 Å². The maximum absolute atomic E-state index is 10.4. The number of rotatable bonds is 6. The monoisotopic (exact) mass is 322 g/mol. The number of aryl methyl sites for hydroxylation is 2. The van der Waals surface area contributed by atoms with Crippen LogP contribution in [0.4, 0.5) is 0 Å². The van der Waals surface area contributed by atoms with Gasteiger partial charge in [0.05, 0.1) is 22.5 Å². The molecule has 1 heterocycles. The van der Waals surface area contributed by atoms with Gasteiger partial charge in [0, 0.05) is 6.54 Å². The third kappa shape index (κ3) is 3.67. The Kier molecular flexibility index (Phi) is 5.16. The van der Waals surface area contributed by atoms with Crippen LogP contribution in [0, 0.1) is 0 Å². The number of hydrogen-bond acceptors (Lipinski definition) is 2. The number of aromatic nitrogens is 2. The molecule has 0 aliphatic heterocycles. The summed E-state index contributed by atoms with van der Waals surface area (Å²) < 4.78 is 2.78. The van der Waals surface area contributed by atoms with Crippen LogP contribution in [0.2, 0.25) is 0 Å². The average Bonchev–Trinajstić information content (AvgIpc) is 2.79. The van der Waals surface area contributed by atoms with Crippen LogP contribution in [-0.4, -0.2) is 14.9 Å². The minimum Gasteiger partial charge on any atom is -0.387 e. The van der Waals surface area contributed by atoms with Crippen molar-refractivity contribution in [2.45, 2.75) is 38.8 Å². The third-order valence-corrected chi connectivity index (χ3v) is 3.74. The summed E-state index contributed by atoms with van der Waals surface area (Å²) in [6, 6.07) is 10.2. The highest BCUT2D eigenvalue weighted by atomic mass is 79.9. The maximum atomic E-state index is 10.4. The van der Waals surface area contributed by atoms with E-state index in [0.29, 0.717) is 6.42 Å². The first kappa shape index (κ1) is 14.3. The molecule has 0 saturated heterocycles. The van der Waals surface area contributed by atoms with Crippen molar-refractivity contribution in [3.63, 3.8) is 0 Å². The van der Waals surface area contributed by atoms with Crippen LogP contribution < -0.4 is 0 Å². The Balaban J connectivity index is 2.03.